The highest BCUT2D eigenvalue weighted by Crippen LogP contribution is 1.94. The Labute approximate surface area is 58.5 Å². The van der Waals surface area contributed by atoms with Crippen molar-refractivity contribution in [2.24, 2.45) is 11.5 Å². The van der Waals surface area contributed by atoms with Crippen LogP contribution in [0.4, 0.5) is 0 Å². The number of rotatable bonds is 2. The quantitative estimate of drug-likeness (QED) is 0.333. The summed E-state index contributed by atoms with van der Waals surface area (Å²) in [5.74, 6) is 1.02. The summed E-state index contributed by atoms with van der Waals surface area (Å²) in [5.41, 5.74) is 10.3. The van der Waals surface area contributed by atoms with Gasteiger partial charge in [-0.15, -0.1) is 0 Å². The molecule has 4 heteroatoms. The van der Waals surface area contributed by atoms with Gasteiger partial charge in [-0.25, -0.2) is 0 Å². The molecule has 5 N–H and O–H groups in total. The Morgan fingerprint density at radius 1 is 1.60 bits per heavy atom. The largest absolute Gasteiger partial charge is 0.466 e. The maximum atomic E-state index is 5.15. The number of hydrogen-bond acceptors (Lipinski definition) is 1. The summed E-state index contributed by atoms with van der Waals surface area (Å²) < 4.78 is 5.00. The third-order valence-corrected chi connectivity index (χ3v) is 1.05. The van der Waals surface area contributed by atoms with E-state index in [0.29, 0.717) is 6.54 Å². The topological polar surface area (TPSA) is 79.2 Å². The number of guanidine groups is 1. The van der Waals surface area contributed by atoms with Crippen molar-refractivity contribution in [3.8, 4) is 0 Å². The third kappa shape index (κ3) is 1.81. The lowest BCUT2D eigenvalue weighted by molar-refractivity contribution is -0.480. The molecule has 1 aromatic rings. The maximum Gasteiger partial charge on any atom is 0.339 e. The third-order valence-electron chi connectivity index (χ3n) is 1.05. The minimum Gasteiger partial charge on any atom is -0.466 e. The Morgan fingerprint density at radius 2 is 2.40 bits per heavy atom. The molecular formula is C6H10N3O+. The Morgan fingerprint density at radius 3 is 2.90 bits per heavy atom. The molecule has 1 aromatic heterocycles. The van der Waals surface area contributed by atoms with E-state index >= 15 is 0 Å². The normalized spacial score (nSPS) is 9.20. The van der Waals surface area contributed by atoms with Crippen molar-refractivity contribution in [3.05, 3.63) is 24.2 Å². The number of furan rings is 1. The summed E-state index contributed by atoms with van der Waals surface area (Å²) in [4.78, 5) is 2.73. The van der Waals surface area contributed by atoms with Crippen LogP contribution in [0.25, 0.3) is 0 Å². The van der Waals surface area contributed by atoms with E-state index in [9.17, 15) is 0 Å². The highest BCUT2D eigenvalue weighted by Gasteiger charge is 1.93. The van der Waals surface area contributed by atoms with Crippen molar-refractivity contribution in [2.45, 2.75) is 6.54 Å². The van der Waals surface area contributed by atoms with E-state index < -0.39 is 0 Å². The summed E-state index contributed by atoms with van der Waals surface area (Å²) in [6.07, 6.45) is 1.60. The molecule has 1 heterocycles. The van der Waals surface area contributed by atoms with E-state index in [1.54, 1.807) is 6.26 Å². The Bertz CT molecular complexity index is 211. The molecule has 10 heavy (non-hydrogen) atoms. The second-order valence-corrected chi connectivity index (χ2v) is 1.89. The zero-order valence-electron chi connectivity index (χ0n) is 5.50. The molecule has 0 saturated heterocycles. The van der Waals surface area contributed by atoms with Crippen LogP contribution in [0, 0.1) is 0 Å². The molecule has 0 spiro atoms. The first-order valence-corrected chi connectivity index (χ1v) is 2.93. The van der Waals surface area contributed by atoms with Crippen LogP contribution in [0.15, 0.2) is 22.8 Å². The smallest absolute Gasteiger partial charge is 0.339 e. The van der Waals surface area contributed by atoms with Gasteiger partial charge in [0.25, 0.3) is 0 Å². The minimum atomic E-state index is 0.205. The van der Waals surface area contributed by atoms with E-state index in [1.165, 1.54) is 0 Å². The lowest BCUT2D eigenvalue weighted by Gasteiger charge is -1.85. The van der Waals surface area contributed by atoms with Crippen molar-refractivity contribution < 1.29 is 9.41 Å². The summed E-state index contributed by atoms with van der Waals surface area (Å²) in [5, 5.41) is 0. The maximum absolute atomic E-state index is 5.15. The standard InChI is InChI=1S/C6H9N3O/c7-6(8)9-4-5-2-1-3-10-5/h1-3H,4H2,(H4,7,8,9)/p+1. The van der Waals surface area contributed by atoms with Gasteiger partial charge in [0, 0.05) is 0 Å². The molecule has 0 fully saturated rings. The lowest BCUT2D eigenvalue weighted by atomic mass is 10.5. The van der Waals surface area contributed by atoms with Gasteiger partial charge in [0.05, 0.1) is 6.26 Å². The average Bonchev–Trinajstić information content (AvgIpc) is 2.34. The molecule has 0 radical (unpaired) electrons. The van der Waals surface area contributed by atoms with Crippen LogP contribution in [-0.4, -0.2) is 5.96 Å². The number of nitrogens with two attached hydrogens (primary N) is 2. The second-order valence-electron chi connectivity index (χ2n) is 1.89. The van der Waals surface area contributed by atoms with Gasteiger partial charge < -0.3 is 4.42 Å². The van der Waals surface area contributed by atoms with E-state index in [-0.39, 0.29) is 5.96 Å². The molecule has 0 bridgehead atoms. The van der Waals surface area contributed by atoms with Gasteiger partial charge in [-0.1, -0.05) is 0 Å². The number of hydrogen-bond donors (Lipinski definition) is 3. The Kier molecular flexibility index (Phi) is 1.94. The minimum absolute atomic E-state index is 0.205. The predicted molar refractivity (Wildman–Crippen MR) is 36.8 cm³/mol. The van der Waals surface area contributed by atoms with Crippen LogP contribution >= 0.6 is 0 Å². The summed E-state index contributed by atoms with van der Waals surface area (Å²) >= 11 is 0. The fourth-order valence-electron chi connectivity index (χ4n) is 0.602. The first kappa shape index (κ1) is 6.67. The van der Waals surface area contributed by atoms with E-state index in [4.69, 9.17) is 15.9 Å². The summed E-state index contributed by atoms with van der Waals surface area (Å²) in [7, 11) is 0. The molecule has 4 nitrogen and oxygen atoms in total. The van der Waals surface area contributed by atoms with Crippen LogP contribution in [0.2, 0.25) is 0 Å². The molecule has 0 unspecified atom stereocenters. The first-order valence-electron chi connectivity index (χ1n) is 2.93. The van der Waals surface area contributed by atoms with Gasteiger partial charge in [0.2, 0.25) is 0 Å². The van der Waals surface area contributed by atoms with Crippen molar-refractivity contribution in [1.82, 2.24) is 0 Å². The van der Waals surface area contributed by atoms with Crippen molar-refractivity contribution in [2.75, 3.05) is 0 Å². The van der Waals surface area contributed by atoms with Gasteiger partial charge >= 0.3 is 5.96 Å². The van der Waals surface area contributed by atoms with Gasteiger partial charge in [-0.3, -0.25) is 16.5 Å². The van der Waals surface area contributed by atoms with Crippen LogP contribution in [0.3, 0.4) is 0 Å². The molecular weight excluding hydrogens is 130 g/mol. The second kappa shape index (κ2) is 2.91. The van der Waals surface area contributed by atoms with Gasteiger partial charge in [0.15, 0.2) is 0 Å². The molecule has 1 rings (SSSR count). The first-order chi connectivity index (χ1) is 4.79. The molecule has 54 valence electrons. The van der Waals surface area contributed by atoms with E-state index in [0.717, 1.165) is 5.76 Å². The summed E-state index contributed by atoms with van der Waals surface area (Å²) in [6.45, 7) is 0.537. The highest BCUT2D eigenvalue weighted by atomic mass is 16.3. The zero-order chi connectivity index (χ0) is 7.40. The molecule has 0 aliphatic rings. The number of nitrogens with one attached hydrogen (secondary N) is 1. The highest BCUT2D eigenvalue weighted by molar-refractivity contribution is 5.69. The molecule has 0 atom stereocenters. The molecule has 0 aromatic carbocycles. The zero-order valence-corrected chi connectivity index (χ0v) is 5.50. The lowest BCUT2D eigenvalue weighted by Crippen LogP contribution is -2.76. The van der Waals surface area contributed by atoms with Gasteiger partial charge in [-0.2, -0.15) is 0 Å². The van der Waals surface area contributed by atoms with E-state index in [1.807, 2.05) is 12.1 Å². The van der Waals surface area contributed by atoms with Gasteiger partial charge in [-0.05, 0) is 12.1 Å². The molecule has 0 aliphatic heterocycles. The fraction of sp³-hybridized carbons (Fsp3) is 0.167. The fourth-order valence-corrected chi connectivity index (χ4v) is 0.602. The van der Waals surface area contributed by atoms with Crippen LogP contribution in [0.1, 0.15) is 5.76 Å². The van der Waals surface area contributed by atoms with Crippen molar-refractivity contribution in [3.63, 3.8) is 0 Å². The monoisotopic (exact) mass is 140 g/mol. The van der Waals surface area contributed by atoms with E-state index in [2.05, 4.69) is 4.99 Å². The SMILES string of the molecule is NC(N)=[NH+]Cc1ccco1. The van der Waals surface area contributed by atoms with Crippen molar-refractivity contribution in [1.29, 1.82) is 0 Å². The molecule has 0 aliphatic carbocycles. The van der Waals surface area contributed by atoms with Gasteiger partial charge in [0.1, 0.15) is 12.3 Å². The van der Waals surface area contributed by atoms with Crippen molar-refractivity contribution >= 4 is 5.96 Å². The average molecular weight is 140 g/mol. The predicted octanol–water partition coefficient (Wildman–Crippen LogP) is -1.87. The Balaban J connectivity index is 2.49. The molecule has 0 amide bonds. The molecule has 0 saturated carbocycles. The van der Waals surface area contributed by atoms with Crippen LogP contribution < -0.4 is 16.5 Å². The van der Waals surface area contributed by atoms with Crippen LogP contribution in [-0.2, 0) is 6.54 Å². The Hall–Kier alpha value is -1.45. The summed E-state index contributed by atoms with van der Waals surface area (Å²) in [6, 6.07) is 3.65. The van der Waals surface area contributed by atoms with Crippen LogP contribution in [0.5, 0.6) is 0 Å².